The molecule has 0 saturated heterocycles. The van der Waals surface area contributed by atoms with Crippen LogP contribution in [0.15, 0.2) is 93.8 Å². The van der Waals surface area contributed by atoms with Gasteiger partial charge in [0.05, 0.1) is 5.56 Å². The van der Waals surface area contributed by atoms with Crippen molar-refractivity contribution in [2.24, 2.45) is 0 Å². The van der Waals surface area contributed by atoms with Gasteiger partial charge in [-0.3, -0.25) is 10.1 Å². The Morgan fingerprint density at radius 2 is 1.83 bits per heavy atom. The van der Waals surface area contributed by atoms with Gasteiger partial charge in [0.1, 0.15) is 22.8 Å². The van der Waals surface area contributed by atoms with Crippen LogP contribution in [-0.4, -0.2) is 21.1 Å². The van der Waals surface area contributed by atoms with Gasteiger partial charge in [-0.05, 0) is 73.2 Å². The maximum absolute atomic E-state index is 12.3. The molecule has 178 valence electrons. The molecule has 0 spiro atoms. The molecule has 8 heteroatoms. The van der Waals surface area contributed by atoms with E-state index in [1.165, 1.54) is 12.1 Å². The first-order valence-electron chi connectivity index (χ1n) is 11.1. The lowest BCUT2D eigenvalue weighted by Crippen LogP contribution is -2.32. The Morgan fingerprint density at radius 1 is 1.00 bits per heavy atom. The van der Waals surface area contributed by atoms with E-state index < -0.39 is 5.91 Å². The van der Waals surface area contributed by atoms with Gasteiger partial charge in [0, 0.05) is 17.3 Å². The highest BCUT2D eigenvalue weighted by Crippen LogP contribution is 2.33. The Balaban J connectivity index is 1.23. The normalized spacial score (nSPS) is 11.1. The fourth-order valence-corrected chi connectivity index (χ4v) is 3.83. The van der Waals surface area contributed by atoms with Crippen LogP contribution in [0, 0.1) is 6.92 Å². The first-order valence-corrected chi connectivity index (χ1v) is 11.5. The third-order valence-electron chi connectivity index (χ3n) is 5.35. The number of phenols is 1. The van der Waals surface area contributed by atoms with Crippen LogP contribution in [0.1, 0.15) is 11.3 Å². The lowest BCUT2D eigenvalue weighted by molar-refractivity contribution is -0.115. The number of aryl methyl sites for hydroxylation is 1. The van der Waals surface area contributed by atoms with Crippen LogP contribution in [0.2, 0.25) is 0 Å². The van der Waals surface area contributed by atoms with Crippen molar-refractivity contribution in [1.82, 2.24) is 10.3 Å². The van der Waals surface area contributed by atoms with E-state index in [2.05, 4.69) is 15.6 Å². The van der Waals surface area contributed by atoms with E-state index in [0.29, 0.717) is 33.9 Å². The van der Waals surface area contributed by atoms with Crippen molar-refractivity contribution in [3.8, 4) is 28.5 Å². The van der Waals surface area contributed by atoms with Crippen molar-refractivity contribution in [1.29, 1.82) is 0 Å². The smallest absolute Gasteiger partial charge is 0.250 e. The molecule has 2 aromatic heterocycles. The van der Waals surface area contributed by atoms with Gasteiger partial charge < -0.3 is 19.3 Å². The molecule has 5 aromatic rings. The van der Waals surface area contributed by atoms with E-state index in [0.717, 1.165) is 11.1 Å². The Morgan fingerprint density at radius 3 is 2.67 bits per heavy atom. The molecular formula is C28H21N3O4S. The number of furan rings is 1. The average molecular weight is 496 g/mol. The number of hydrogen-bond acceptors (Lipinski definition) is 6. The summed E-state index contributed by atoms with van der Waals surface area (Å²) in [5.74, 6) is 1.13. The minimum Gasteiger partial charge on any atom is -0.507 e. The molecule has 0 aliphatic rings. The summed E-state index contributed by atoms with van der Waals surface area (Å²) in [5, 5.41) is 16.0. The zero-order valence-electron chi connectivity index (χ0n) is 19.2. The number of carbonyl (C=O) groups excluding carboxylic acids is 1. The molecule has 0 bridgehead atoms. The molecule has 5 rings (SSSR count). The molecule has 3 aromatic carbocycles. The zero-order valence-corrected chi connectivity index (χ0v) is 20.0. The van der Waals surface area contributed by atoms with Gasteiger partial charge >= 0.3 is 0 Å². The molecule has 0 saturated carbocycles. The molecule has 0 aliphatic carbocycles. The van der Waals surface area contributed by atoms with E-state index in [1.807, 2.05) is 61.5 Å². The fraction of sp³-hybridized carbons (Fsp3) is 0.0357. The standard InChI is InChI=1S/C28H21N3O4S/c1-17-7-12-25-22(15-17)30-27(35-25)21-16-19(8-11-23(21)32)29-28(36)31-26(33)14-10-20-9-13-24(34-20)18-5-3-2-4-6-18/h2-16,32H,1H3,(H2,29,31,33,36)/b14-10+. The number of aromatic hydroxyl groups is 1. The Hall–Kier alpha value is -4.69. The van der Waals surface area contributed by atoms with Crippen molar-refractivity contribution < 1.29 is 18.7 Å². The van der Waals surface area contributed by atoms with Gasteiger partial charge in [0.25, 0.3) is 0 Å². The fourth-order valence-electron chi connectivity index (χ4n) is 3.61. The van der Waals surface area contributed by atoms with Gasteiger partial charge in [-0.15, -0.1) is 0 Å². The number of oxazole rings is 1. The summed E-state index contributed by atoms with van der Waals surface area (Å²) >= 11 is 5.27. The first kappa shape index (κ1) is 23.1. The van der Waals surface area contributed by atoms with Crippen LogP contribution in [0.4, 0.5) is 5.69 Å². The summed E-state index contributed by atoms with van der Waals surface area (Å²) < 4.78 is 11.6. The second-order valence-electron chi connectivity index (χ2n) is 8.07. The van der Waals surface area contributed by atoms with Crippen molar-refractivity contribution in [3.05, 3.63) is 96.3 Å². The van der Waals surface area contributed by atoms with Crippen LogP contribution in [0.5, 0.6) is 5.75 Å². The lowest BCUT2D eigenvalue weighted by Gasteiger charge is -2.09. The number of benzene rings is 3. The number of fused-ring (bicyclic) bond motifs is 1. The van der Waals surface area contributed by atoms with Gasteiger partial charge in [0.2, 0.25) is 11.8 Å². The third-order valence-corrected chi connectivity index (χ3v) is 5.55. The molecule has 36 heavy (non-hydrogen) atoms. The predicted molar refractivity (Wildman–Crippen MR) is 143 cm³/mol. The predicted octanol–water partition coefficient (Wildman–Crippen LogP) is 6.30. The van der Waals surface area contributed by atoms with E-state index in [-0.39, 0.29) is 16.8 Å². The maximum atomic E-state index is 12.3. The molecule has 0 atom stereocenters. The highest BCUT2D eigenvalue weighted by atomic mass is 32.1. The van der Waals surface area contributed by atoms with Gasteiger partial charge in [0.15, 0.2) is 10.7 Å². The summed E-state index contributed by atoms with van der Waals surface area (Å²) in [6, 6.07) is 23.8. The van der Waals surface area contributed by atoms with Crippen molar-refractivity contribution in [3.63, 3.8) is 0 Å². The number of nitrogens with zero attached hydrogens (tertiary/aromatic N) is 1. The number of hydrogen-bond donors (Lipinski definition) is 3. The Kier molecular flexibility index (Phi) is 6.34. The topological polar surface area (TPSA) is 101 Å². The summed E-state index contributed by atoms with van der Waals surface area (Å²) in [6.07, 6.45) is 2.90. The number of phenolic OH excluding ortho intramolecular Hbond substituents is 1. The minimum atomic E-state index is -0.418. The third kappa shape index (κ3) is 5.18. The summed E-state index contributed by atoms with van der Waals surface area (Å²) in [5.41, 5.74) is 4.28. The molecule has 0 fully saturated rings. The van der Waals surface area contributed by atoms with Crippen LogP contribution in [0.25, 0.3) is 40.0 Å². The maximum Gasteiger partial charge on any atom is 0.250 e. The molecule has 1 amide bonds. The van der Waals surface area contributed by atoms with Crippen molar-refractivity contribution in [2.75, 3.05) is 5.32 Å². The van der Waals surface area contributed by atoms with E-state index >= 15 is 0 Å². The molecule has 0 aliphatic heterocycles. The number of rotatable bonds is 5. The van der Waals surface area contributed by atoms with Crippen molar-refractivity contribution in [2.45, 2.75) is 6.92 Å². The molecule has 0 unspecified atom stereocenters. The molecule has 2 heterocycles. The number of anilines is 1. The summed E-state index contributed by atoms with van der Waals surface area (Å²) in [6.45, 7) is 1.97. The van der Waals surface area contributed by atoms with Gasteiger partial charge in [-0.1, -0.05) is 36.4 Å². The molecule has 0 radical (unpaired) electrons. The highest BCUT2D eigenvalue weighted by molar-refractivity contribution is 7.80. The largest absolute Gasteiger partial charge is 0.507 e. The van der Waals surface area contributed by atoms with Crippen LogP contribution >= 0.6 is 12.2 Å². The molecule has 7 nitrogen and oxygen atoms in total. The van der Waals surface area contributed by atoms with Gasteiger partial charge in [-0.2, -0.15) is 0 Å². The Labute approximate surface area is 212 Å². The first-order chi connectivity index (χ1) is 17.4. The number of amides is 1. The van der Waals surface area contributed by atoms with E-state index in [4.69, 9.17) is 21.1 Å². The van der Waals surface area contributed by atoms with Crippen LogP contribution in [-0.2, 0) is 4.79 Å². The quantitative estimate of drug-likeness (QED) is 0.150. The number of aromatic nitrogens is 1. The van der Waals surface area contributed by atoms with E-state index in [9.17, 15) is 9.90 Å². The van der Waals surface area contributed by atoms with Crippen LogP contribution in [0.3, 0.4) is 0 Å². The minimum absolute atomic E-state index is 0.00929. The highest BCUT2D eigenvalue weighted by Gasteiger charge is 2.14. The second-order valence-corrected chi connectivity index (χ2v) is 8.48. The molecule has 3 N–H and O–H groups in total. The number of nitrogens with one attached hydrogen (secondary N) is 2. The molecular weight excluding hydrogens is 474 g/mol. The van der Waals surface area contributed by atoms with Gasteiger partial charge in [-0.25, -0.2) is 4.98 Å². The van der Waals surface area contributed by atoms with E-state index in [1.54, 1.807) is 24.3 Å². The van der Waals surface area contributed by atoms with Crippen molar-refractivity contribution >= 4 is 46.1 Å². The average Bonchev–Trinajstić information content (AvgIpc) is 3.51. The number of carbonyl (C=O) groups is 1. The monoisotopic (exact) mass is 495 g/mol. The zero-order chi connectivity index (χ0) is 25.1. The summed E-state index contributed by atoms with van der Waals surface area (Å²) in [4.78, 5) is 16.8. The van der Waals surface area contributed by atoms with Crippen LogP contribution < -0.4 is 10.6 Å². The Bertz CT molecular complexity index is 1600. The second kappa shape index (κ2) is 9.89. The SMILES string of the molecule is Cc1ccc2oc(-c3cc(NC(=S)NC(=O)/C=C/c4ccc(-c5ccccc5)o4)ccc3O)nc2c1. The lowest BCUT2D eigenvalue weighted by atomic mass is 10.1. The number of thiocarbonyl (C=S) groups is 1. The summed E-state index contributed by atoms with van der Waals surface area (Å²) in [7, 11) is 0.